The summed E-state index contributed by atoms with van der Waals surface area (Å²) in [5.74, 6) is 0.151. The SMILES string of the molecule is Cc1ccnc(NS(=O)(=O)c2ccc(NC(=O)c3cc4n(n3)CCCO4)cc2)n1. The molecule has 0 saturated heterocycles. The third-order valence-corrected chi connectivity index (χ3v) is 5.53. The van der Waals surface area contributed by atoms with Crippen LogP contribution in [-0.2, 0) is 16.6 Å². The topological polar surface area (TPSA) is 128 Å². The van der Waals surface area contributed by atoms with Crippen LogP contribution in [0.25, 0.3) is 0 Å². The molecule has 1 amide bonds. The van der Waals surface area contributed by atoms with Crippen LogP contribution in [0.4, 0.5) is 11.6 Å². The molecule has 0 fully saturated rings. The second kappa shape index (κ2) is 7.51. The Morgan fingerprint density at radius 3 is 2.72 bits per heavy atom. The minimum Gasteiger partial charge on any atom is -0.478 e. The number of carbonyl (C=O) groups excluding carboxylic acids is 1. The molecular formula is C18H18N6O4S. The summed E-state index contributed by atoms with van der Waals surface area (Å²) >= 11 is 0. The van der Waals surface area contributed by atoms with Gasteiger partial charge in [-0.3, -0.25) is 4.79 Å². The zero-order valence-corrected chi connectivity index (χ0v) is 16.3. The van der Waals surface area contributed by atoms with Gasteiger partial charge in [0.25, 0.3) is 15.9 Å². The first-order valence-electron chi connectivity index (χ1n) is 8.85. The maximum atomic E-state index is 12.5. The third kappa shape index (κ3) is 4.19. The molecule has 29 heavy (non-hydrogen) atoms. The summed E-state index contributed by atoms with van der Waals surface area (Å²) in [4.78, 5) is 20.3. The Labute approximate surface area is 167 Å². The fourth-order valence-corrected chi connectivity index (χ4v) is 3.72. The summed E-state index contributed by atoms with van der Waals surface area (Å²) < 4.78 is 34.4. The van der Waals surface area contributed by atoms with Gasteiger partial charge in [0.05, 0.1) is 11.5 Å². The zero-order chi connectivity index (χ0) is 20.4. The quantitative estimate of drug-likeness (QED) is 0.652. The van der Waals surface area contributed by atoms with Crippen molar-refractivity contribution >= 4 is 27.6 Å². The van der Waals surface area contributed by atoms with E-state index in [1.165, 1.54) is 30.5 Å². The number of hydrogen-bond acceptors (Lipinski definition) is 7. The second-order valence-corrected chi connectivity index (χ2v) is 8.08. The van der Waals surface area contributed by atoms with Gasteiger partial charge in [-0.05, 0) is 37.3 Å². The first-order chi connectivity index (χ1) is 13.9. The van der Waals surface area contributed by atoms with Crippen molar-refractivity contribution in [1.29, 1.82) is 0 Å². The van der Waals surface area contributed by atoms with Crippen molar-refractivity contribution < 1.29 is 17.9 Å². The predicted octanol–water partition coefficient (Wildman–Crippen LogP) is 1.82. The maximum absolute atomic E-state index is 12.5. The van der Waals surface area contributed by atoms with Crippen molar-refractivity contribution in [1.82, 2.24) is 19.7 Å². The number of benzene rings is 1. The standard InChI is InChI=1S/C18H18N6O4S/c1-12-7-8-19-18(20-12)23-29(26,27)14-5-3-13(4-6-14)21-17(25)15-11-16-24(22-15)9-2-10-28-16/h3-8,11H,2,9-10H2,1H3,(H,21,25)(H,19,20,23). The number of aromatic nitrogens is 4. The number of hydrogen-bond donors (Lipinski definition) is 2. The van der Waals surface area contributed by atoms with E-state index in [-0.39, 0.29) is 16.5 Å². The van der Waals surface area contributed by atoms with E-state index >= 15 is 0 Å². The summed E-state index contributed by atoms with van der Waals surface area (Å²) in [5.41, 5.74) is 1.31. The zero-order valence-electron chi connectivity index (χ0n) is 15.5. The van der Waals surface area contributed by atoms with Gasteiger partial charge in [0.15, 0.2) is 5.69 Å². The van der Waals surface area contributed by atoms with E-state index in [1.807, 2.05) is 0 Å². The molecule has 2 aromatic heterocycles. The van der Waals surface area contributed by atoms with Crippen molar-refractivity contribution in [3.8, 4) is 5.88 Å². The van der Waals surface area contributed by atoms with Gasteiger partial charge in [-0.1, -0.05) is 0 Å². The molecule has 0 atom stereocenters. The van der Waals surface area contributed by atoms with Crippen LogP contribution < -0.4 is 14.8 Å². The van der Waals surface area contributed by atoms with Crippen molar-refractivity contribution in [3.05, 3.63) is 54.0 Å². The fourth-order valence-electron chi connectivity index (χ4n) is 2.77. The summed E-state index contributed by atoms with van der Waals surface area (Å²) in [6.45, 7) is 3.04. The third-order valence-electron chi connectivity index (χ3n) is 4.18. The smallest absolute Gasteiger partial charge is 0.276 e. The minimum atomic E-state index is -3.85. The van der Waals surface area contributed by atoms with E-state index in [0.29, 0.717) is 30.4 Å². The highest BCUT2D eigenvalue weighted by Gasteiger charge is 2.19. The Hall–Kier alpha value is -3.47. The number of aryl methyl sites for hydroxylation is 2. The van der Waals surface area contributed by atoms with Gasteiger partial charge in [0.2, 0.25) is 11.8 Å². The van der Waals surface area contributed by atoms with Crippen molar-refractivity contribution in [3.63, 3.8) is 0 Å². The van der Waals surface area contributed by atoms with E-state index < -0.39 is 15.9 Å². The average Bonchev–Trinajstić information content (AvgIpc) is 3.12. The Kier molecular flexibility index (Phi) is 4.89. The monoisotopic (exact) mass is 414 g/mol. The molecule has 3 aromatic rings. The van der Waals surface area contributed by atoms with Gasteiger partial charge in [-0.25, -0.2) is 27.8 Å². The molecule has 2 N–H and O–H groups in total. The number of anilines is 2. The van der Waals surface area contributed by atoms with Crippen LogP contribution in [0.1, 0.15) is 22.6 Å². The molecule has 1 aliphatic heterocycles. The Morgan fingerprint density at radius 2 is 2.00 bits per heavy atom. The highest BCUT2D eigenvalue weighted by atomic mass is 32.2. The number of sulfonamides is 1. The van der Waals surface area contributed by atoms with Gasteiger partial charge < -0.3 is 10.1 Å². The summed E-state index contributed by atoms with van der Waals surface area (Å²) in [6, 6.07) is 9.01. The Morgan fingerprint density at radius 1 is 1.21 bits per heavy atom. The first-order valence-corrected chi connectivity index (χ1v) is 10.3. The Balaban J connectivity index is 1.46. The molecule has 0 aliphatic carbocycles. The van der Waals surface area contributed by atoms with Gasteiger partial charge in [0.1, 0.15) is 0 Å². The summed E-state index contributed by atoms with van der Waals surface area (Å²) in [7, 11) is -3.85. The molecule has 11 heteroatoms. The van der Waals surface area contributed by atoms with Crippen LogP contribution in [0, 0.1) is 6.92 Å². The molecule has 0 bridgehead atoms. The normalized spacial score (nSPS) is 13.3. The van der Waals surface area contributed by atoms with Crippen LogP contribution >= 0.6 is 0 Å². The molecule has 4 rings (SSSR count). The number of amides is 1. The van der Waals surface area contributed by atoms with Gasteiger partial charge in [0, 0.05) is 36.6 Å². The van der Waals surface area contributed by atoms with Crippen LogP contribution in [0.3, 0.4) is 0 Å². The number of ether oxygens (including phenoxy) is 1. The number of nitrogens with zero attached hydrogens (tertiary/aromatic N) is 4. The van der Waals surface area contributed by atoms with Gasteiger partial charge >= 0.3 is 0 Å². The Bertz CT molecular complexity index is 1130. The molecule has 0 unspecified atom stereocenters. The molecule has 1 aliphatic rings. The molecule has 10 nitrogen and oxygen atoms in total. The summed E-state index contributed by atoms with van der Waals surface area (Å²) in [5, 5.41) is 6.91. The predicted molar refractivity (Wildman–Crippen MR) is 104 cm³/mol. The van der Waals surface area contributed by atoms with Crippen LogP contribution in [0.2, 0.25) is 0 Å². The molecule has 0 radical (unpaired) electrons. The minimum absolute atomic E-state index is 0.00616. The molecular weight excluding hydrogens is 396 g/mol. The molecule has 1 aromatic carbocycles. The lowest BCUT2D eigenvalue weighted by Gasteiger charge is -2.13. The average molecular weight is 414 g/mol. The lowest BCUT2D eigenvalue weighted by Crippen LogP contribution is -2.16. The van der Waals surface area contributed by atoms with Crippen LogP contribution in [-0.4, -0.2) is 40.7 Å². The van der Waals surface area contributed by atoms with Crippen molar-refractivity contribution in [2.24, 2.45) is 0 Å². The van der Waals surface area contributed by atoms with Crippen molar-refractivity contribution in [2.75, 3.05) is 16.6 Å². The molecule has 3 heterocycles. The van der Waals surface area contributed by atoms with E-state index in [1.54, 1.807) is 23.7 Å². The highest BCUT2D eigenvalue weighted by molar-refractivity contribution is 7.92. The van der Waals surface area contributed by atoms with E-state index in [9.17, 15) is 13.2 Å². The van der Waals surface area contributed by atoms with Gasteiger partial charge in [-0.15, -0.1) is 0 Å². The fraction of sp³-hybridized carbons (Fsp3) is 0.222. The lowest BCUT2D eigenvalue weighted by atomic mass is 10.3. The molecule has 150 valence electrons. The van der Waals surface area contributed by atoms with Crippen LogP contribution in [0.5, 0.6) is 5.88 Å². The van der Waals surface area contributed by atoms with E-state index in [2.05, 4.69) is 25.1 Å². The lowest BCUT2D eigenvalue weighted by molar-refractivity contribution is 0.102. The van der Waals surface area contributed by atoms with Crippen molar-refractivity contribution in [2.45, 2.75) is 24.8 Å². The first kappa shape index (κ1) is 18.9. The largest absolute Gasteiger partial charge is 0.478 e. The number of nitrogens with one attached hydrogen (secondary N) is 2. The van der Waals surface area contributed by atoms with E-state index in [4.69, 9.17) is 4.74 Å². The second-order valence-electron chi connectivity index (χ2n) is 6.40. The van der Waals surface area contributed by atoms with E-state index in [0.717, 1.165) is 6.42 Å². The number of fused-ring (bicyclic) bond motifs is 1. The highest BCUT2D eigenvalue weighted by Crippen LogP contribution is 2.20. The number of carbonyl (C=O) groups is 1. The van der Waals surface area contributed by atoms with Crippen LogP contribution in [0.15, 0.2) is 47.5 Å². The summed E-state index contributed by atoms with van der Waals surface area (Å²) in [6.07, 6.45) is 2.31. The number of rotatable bonds is 5. The molecule has 0 saturated carbocycles. The maximum Gasteiger partial charge on any atom is 0.276 e. The van der Waals surface area contributed by atoms with Gasteiger partial charge in [-0.2, -0.15) is 5.10 Å². The molecule has 0 spiro atoms.